The maximum atomic E-state index is 13.7. The minimum atomic E-state index is -0.859. The van der Waals surface area contributed by atoms with E-state index in [0.717, 1.165) is 11.3 Å². The van der Waals surface area contributed by atoms with Crippen LogP contribution in [0.25, 0.3) is 6.08 Å². The number of benzene rings is 2. The molecule has 2 heterocycles. The number of esters is 1. The number of hydrogen-bond donors (Lipinski definition) is 0. The molecule has 11 nitrogen and oxygen atoms in total. The number of fused-ring (bicyclic) bond motifs is 1. The number of methoxy groups -OCH3 is 2. The van der Waals surface area contributed by atoms with Crippen LogP contribution in [0.5, 0.6) is 17.2 Å². The summed E-state index contributed by atoms with van der Waals surface area (Å²) in [5.41, 5.74) is 0.465. The fourth-order valence-electron chi connectivity index (χ4n) is 4.16. The maximum Gasteiger partial charge on any atom is 0.337 e. The Hall–Kier alpha value is -3.97. The van der Waals surface area contributed by atoms with Crippen LogP contribution in [0.3, 0.4) is 0 Å². The molecule has 0 spiro atoms. The minimum Gasteiger partial charge on any atom is -0.490 e. The summed E-state index contributed by atoms with van der Waals surface area (Å²) in [5.74, 6) is 0.433. The summed E-state index contributed by atoms with van der Waals surface area (Å²) in [6.45, 7) is 4.51. The number of nitrogens with zero attached hydrogens (tertiary/aromatic N) is 3. The van der Waals surface area contributed by atoms with Crippen molar-refractivity contribution in [2.45, 2.75) is 19.9 Å². The number of aromatic nitrogens is 1. The Bertz CT molecular complexity index is 1660. The van der Waals surface area contributed by atoms with E-state index in [0.29, 0.717) is 45.1 Å². The van der Waals surface area contributed by atoms with Gasteiger partial charge in [0.1, 0.15) is 0 Å². The van der Waals surface area contributed by atoms with Gasteiger partial charge in [0.25, 0.3) is 5.56 Å². The van der Waals surface area contributed by atoms with Crippen molar-refractivity contribution in [3.05, 3.63) is 87.5 Å². The van der Waals surface area contributed by atoms with Gasteiger partial charge in [-0.3, -0.25) is 19.5 Å². The van der Waals surface area contributed by atoms with Crippen LogP contribution in [0.4, 0.5) is 5.69 Å². The number of rotatable bonds is 9. The van der Waals surface area contributed by atoms with E-state index in [1.807, 2.05) is 13.8 Å². The van der Waals surface area contributed by atoms with Crippen molar-refractivity contribution in [2.75, 3.05) is 27.4 Å². The third-order valence-electron chi connectivity index (χ3n) is 5.75. The Balaban J connectivity index is 1.92. The van der Waals surface area contributed by atoms with Gasteiger partial charge in [0.05, 0.1) is 53.0 Å². The van der Waals surface area contributed by atoms with Gasteiger partial charge in [-0.15, -0.1) is 0 Å². The number of nitro benzene ring substituents is 1. The zero-order chi connectivity index (χ0) is 28.3. The van der Waals surface area contributed by atoms with Crippen molar-refractivity contribution in [1.82, 2.24) is 4.57 Å². The van der Waals surface area contributed by atoms with Crippen molar-refractivity contribution in [3.63, 3.8) is 0 Å². The number of carbonyl (C=O) groups excluding carboxylic acids is 1. The van der Waals surface area contributed by atoms with Gasteiger partial charge >= 0.3 is 11.7 Å². The smallest absolute Gasteiger partial charge is 0.337 e. The quantitative estimate of drug-likeness (QED) is 0.202. The van der Waals surface area contributed by atoms with Crippen molar-refractivity contribution in [2.24, 2.45) is 4.99 Å². The predicted molar refractivity (Wildman–Crippen MR) is 147 cm³/mol. The first-order valence-electron chi connectivity index (χ1n) is 11.7. The fraction of sp³-hybridized carbons (Fsp3) is 0.269. The molecule has 0 N–H and O–H groups in total. The topological polar surface area (TPSA) is 131 Å². The Morgan fingerprint density at radius 1 is 1.18 bits per heavy atom. The largest absolute Gasteiger partial charge is 0.490 e. The van der Waals surface area contributed by atoms with Crippen LogP contribution >= 0.6 is 27.3 Å². The Kier molecular flexibility index (Phi) is 8.51. The van der Waals surface area contributed by atoms with Crippen LogP contribution in [0.15, 0.2) is 56.4 Å². The van der Waals surface area contributed by atoms with E-state index in [1.165, 1.54) is 37.1 Å². The lowest BCUT2D eigenvalue weighted by Gasteiger charge is -2.23. The van der Waals surface area contributed by atoms with Crippen LogP contribution in [0.1, 0.15) is 31.0 Å². The number of carbonyl (C=O) groups is 1. The zero-order valence-electron chi connectivity index (χ0n) is 21.4. The molecule has 0 aliphatic carbocycles. The highest BCUT2D eigenvalue weighted by atomic mass is 79.9. The fourth-order valence-corrected chi connectivity index (χ4v) is 5.76. The van der Waals surface area contributed by atoms with Crippen LogP contribution < -0.4 is 29.1 Å². The highest BCUT2D eigenvalue weighted by Gasteiger charge is 2.31. The second-order valence-electron chi connectivity index (χ2n) is 8.06. The van der Waals surface area contributed by atoms with Gasteiger partial charge in [0, 0.05) is 12.3 Å². The van der Waals surface area contributed by atoms with E-state index in [1.54, 1.807) is 24.3 Å². The molecule has 0 fully saturated rings. The number of hydrogen-bond acceptors (Lipinski definition) is 10. The molecule has 204 valence electrons. The van der Waals surface area contributed by atoms with Gasteiger partial charge in [-0.05, 0) is 65.2 Å². The second kappa shape index (κ2) is 11.8. The van der Waals surface area contributed by atoms with Crippen molar-refractivity contribution < 1.29 is 28.7 Å². The lowest BCUT2D eigenvalue weighted by Crippen LogP contribution is -2.39. The first-order chi connectivity index (χ1) is 18.7. The first kappa shape index (κ1) is 28.0. The summed E-state index contributed by atoms with van der Waals surface area (Å²) >= 11 is 4.39. The Morgan fingerprint density at radius 3 is 2.54 bits per heavy atom. The van der Waals surface area contributed by atoms with Crippen LogP contribution in [0, 0.1) is 10.1 Å². The summed E-state index contributed by atoms with van der Waals surface area (Å²) in [5, 5.41) is 11.6. The van der Waals surface area contributed by atoms with Crippen LogP contribution in [-0.4, -0.2) is 42.9 Å². The number of nitro groups is 1. The standard InChI is InChI=1S/C26H24BrN3O8S/c1-5-37-19-8-7-15(12-20(19)38-6-2)22-16(25(32)36-4)13-28-26-29(22)24(31)21(39-26)11-14-9-17(27)23(35-3)18(10-14)30(33)34/h7-13,22H,5-6H2,1-4H3/b21-11-/t22-/m1/s1. The molecule has 3 aromatic rings. The van der Waals surface area contributed by atoms with Gasteiger partial charge in [0.15, 0.2) is 16.3 Å². The molecule has 1 aromatic heterocycles. The molecule has 39 heavy (non-hydrogen) atoms. The molecule has 0 amide bonds. The molecule has 1 aliphatic heterocycles. The van der Waals surface area contributed by atoms with E-state index in [2.05, 4.69) is 20.9 Å². The number of halogens is 1. The van der Waals surface area contributed by atoms with Gasteiger partial charge < -0.3 is 18.9 Å². The summed E-state index contributed by atoms with van der Waals surface area (Å²) in [7, 11) is 2.59. The van der Waals surface area contributed by atoms with E-state index >= 15 is 0 Å². The van der Waals surface area contributed by atoms with Crippen LogP contribution in [0.2, 0.25) is 0 Å². The third-order valence-corrected chi connectivity index (χ3v) is 7.34. The molecular weight excluding hydrogens is 594 g/mol. The lowest BCUT2D eigenvalue weighted by molar-refractivity contribution is -0.385. The van der Waals surface area contributed by atoms with E-state index in [-0.39, 0.29) is 21.5 Å². The molecule has 0 radical (unpaired) electrons. The monoisotopic (exact) mass is 617 g/mol. The molecule has 0 saturated carbocycles. The van der Waals surface area contributed by atoms with Gasteiger partial charge in [-0.2, -0.15) is 0 Å². The summed E-state index contributed by atoms with van der Waals surface area (Å²) in [4.78, 5) is 42.2. The second-order valence-corrected chi connectivity index (χ2v) is 9.92. The van der Waals surface area contributed by atoms with Gasteiger partial charge in [0.2, 0.25) is 5.75 Å². The van der Waals surface area contributed by atoms with E-state index in [9.17, 15) is 19.7 Å². The normalized spacial score (nSPS) is 14.6. The van der Waals surface area contributed by atoms with Crippen molar-refractivity contribution in [3.8, 4) is 17.2 Å². The predicted octanol–water partition coefficient (Wildman–Crippen LogP) is 3.49. The van der Waals surface area contributed by atoms with Gasteiger partial charge in [-0.25, -0.2) is 9.79 Å². The Morgan fingerprint density at radius 2 is 1.90 bits per heavy atom. The molecule has 13 heteroatoms. The third kappa shape index (κ3) is 5.45. The summed E-state index contributed by atoms with van der Waals surface area (Å²) in [6, 6.07) is 7.28. The molecule has 4 rings (SSSR count). The average molecular weight is 618 g/mol. The molecular formula is C26H24BrN3O8S. The van der Waals surface area contributed by atoms with Gasteiger partial charge in [-0.1, -0.05) is 17.4 Å². The lowest BCUT2D eigenvalue weighted by atomic mass is 9.97. The molecule has 1 aliphatic rings. The summed E-state index contributed by atoms with van der Waals surface area (Å²) < 4.78 is 23.6. The van der Waals surface area contributed by atoms with Crippen molar-refractivity contribution >= 4 is 45.0 Å². The SMILES string of the molecule is CCOc1ccc([C@@H]2C(C(=O)OC)=CN=c3s/c(=C\c4cc(Br)c(OC)c([N+](=O)[O-])c4)c(=O)n32)cc1OCC. The number of ether oxygens (including phenoxy) is 4. The molecule has 0 saturated heterocycles. The molecule has 0 unspecified atom stereocenters. The Labute approximate surface area is 234 Å². The minimum absolute atomic E-state index is 0.0712. The highest BCUT2D eigenvalue weighted by Crippen LogP contribution is 2.37. The summed E-state index contributed by atoms with van der Waals surface area (Å²) in [6.07, 6.45) is 2.92. The zero-order valence-corrected chi connectivity index (χ0v) is 23.8. The maximum absolute atomic E-state index is 13.7. The molecule has 1 atom stereocenters. The van der Waals surface area contributed by atoms with Crippen molar-refractivity contribution in [1.29, 1.82) is 0 Å². The molecule has 0 bridgehead atoms. The first-order valence-corrected chi connectivity index (χ1v) is 13.4. The average Bonchev–Trinajstić information content (AvgIpc) is 3.23. The highest BCUT2D eigenvalue weighted by molar-refractivity contribution is 9.10. The van der Waals surface area contributed by atoms with E-state index < -0.39 is 22.5 Å². The van der Waals surface area contributed by atoms with Crippen LogP contribution in [-0.2, 0) is 9.53 Å². The molecule has 2 aromatic carbocycles. The van der Waals surface area contributed by atoms with E-state index in [4.69, 9.17) is 18.9 Å². The number of thiazole rings is 1.